The summed E-state index contributed by atoms with van der Waals surface area (Å²) in [5, 5.41) is 7.08. The molecule has 4 rings (SSSR count). The number of hydrogen-bond donors (Lipinski definition) is 2. The number of benzene rings is 1. The van der Waals surface area contributed by atoms with Gasteiger partial charge in [-0.2, -0.15) is 0 Å². The maximum atomic E-state index is 12.5. The average Bonchev–Trinajstić information content (AvgIpc) is 3.03. The predicted molar refractivity (Wildman–Crippen MR) is 126 cm³/mol. The number of amides is 1. The number of hydrogen-bond acceptors (Lipinski definition) is 4. The van der Waals surface area contributed by atoms with Crippen LogP contribution >= 0.6 is 11.8 Å². The second-order valence-electron chi connectivity index (χ2n) is 9.31. The zero-order chi connectivity index (χ0) is 20.9. The minimum atomic E-state index is 0.0241. The van der Waals surface area contributed by atoms with E-state index in [4.69, 9.17) is 0 Å². The van der Waals surface area contributed by atoms with Crippen LogP contribution in [0.1, 0.15) is 57.9 Å². The Kier molecular flexibility index (Phi) is 7.55. The van der Waals surface area contributed by atoms with Crippen LogP contribution in [0.2, 0.25) is 0 Å². The maximum Gasteiger partial charge on any atom is 0.230 e. The van der Waals surface area contributed by atoms with E-state index >= 15 is 0 Å². The maximum absolute atomic E-state index is 12.5. The monoisotopic (exact) mass is 427 g/mol. The number of nitrogens with one attached hydrogen (secondary N) is 2. The summed E-state index contributed by atoms with van der Waals surface area (Å²) in [4.78, 5) is 16.4. The molecule has 3 unspecified atom stereocenters. The summed E-state index contributed by atoms with van der Waals surface area (Å²) in [5.41, 5.74) is 2.73. The molecule has 0 spiro atoms. The number of likely N-dealkylation sites (tertiary alicyclic amines) is 1. The van der Waals surface area contributed by atoms with E-state index in [1.54, 1.807) is 0 Å². The Balaban J connectivity index is 1.08. The number of nitrogens with zero attached hydrogens (tertiary/aromatic N) is 1. The highest BCUT2D eigenvalue weighted by molar-refractivity contribution is 8.03. The highest BCUT2D eigenvalue weighted by Gasteiger charge is 2.41. The molecule has 1 aromatic carbocycles. The molecule has 0 aliphatic carbocycles. The van der Waals surface area contributed by atoms with Crippen LogP contribution in [-0.2, 0) is 11.2 Å². The lowest BCUT2D eigenvalue weighted by Crippen LogP contribution is -2.59. The average molecular weight is 428 g/mol. The summed E-state index contributed by atoms with van der Waals surface area (Å²) < 4.78 is 0. The molecule has 3 atom stereocenters. The summed E-state index contributed by atoms with van der Waals surface area (Å²) in [5.74, 6) is 1.09. The molecule has 1 amide bonds. The Hall–Kier alpha value is -1.30. The molecule has 3 heterocycles. The minimum Gasteiger partial charge on any atom is -0.340 e. The molecule has 2 fully saturated rings. The topological polar surface area (TPSA) is 44.4 Å². The van der Waals surface area contributed by atoms with Crippen molar-refractivity contribution in [3.63, 3.8) is 0 Å². The highest BCUT2D eigenvalue weighted by atomic mass is 32.2. The van der Waals surface area contributed by atoms with Gasteiger partial charge in [-0.1, -0.05) is 43.2 Å². The van der Waals surface area contributed by atoms with Gasteiger partial charge in [0.15, 0.2) is 0 Å². The van der Waals surface area contributed by atoms with Crippen molar-refractivity contribution in [1.82, 2.24) is 15.5 Å². The van der Waals surface area contributed by atoms with Gasteiger partial charge in [-0.3, -0.25) is 10.1 Å². The van der Waals surface area contributed by atoms with Crippen LogP contribution in [-0.4, -0.2) is 42.0 Å². The van der Waals surface area contributed by atoms with Crippen molar-refractivity contribution in [1.29, 1.82) is 0 Å². The van der Waals surface area contributed by atoms with Gasteiger partial charge < -0.3 is 10.2 Å². The molecule has 164 valence electrons. The van der Waals surface area contributed by atoms with Crippen molar-refractivity contribution >= 4 is 17.7 Å². The Labute approximate surface area is 186 Å². The van der Waals surface area contributed by atoms with Gasteiger partial charge in [-0.15, -0.1) is 11.8 Å². The van der Waals surface area contributed by atoms with E-state index in [1.165, 1.54) is 74.2 Å². The van der Waals surface area contributed by atoms with Gasteiger partial charge in [-0.25, -0.2) is 0 Å². The number of allylic oxidation sites excluding steroid dienone is 1. The SMILES string of the molecule is CC1=C(C)C2C(=O)NC(CCCCCN3CCC(Cc4ccccc4)CC3)NC2S1. The summed E-state index contributed by atoms with van der Waals surface area (Å²) in [7, 11) is 0. The molecule has 30 heavy (non-hydrogen) atoms. The number of fused-ring (bicyclic) bond motifs is 1. The second kappa shape index (κ2) is 10.3. The Morgan fingerprint density at radius 3 is 2.60 bits per heavy atom. The molecule has 0 bridgehead atoms. The van der Waals surface area contributed by atoms with Crippen molar-refractivity contribution in [3.8, 4) is 0 Å². The van der Waals surface area contributed by atoms with Gasteiger partial charge in [0, 0.05) is 0 Å². The molecular weight excluding hydrogens is 390 g/mol. The van der Waals surface area contributed by atoms with Gasteiger partial charge in [0.1, 0.15) is 0 Å². The van der Waals surface area contributed by atoms with E-state index in [0.29, 0.717) is 0 Å². The summed E-state index contributed by atoms with van der Waals surface area (Å²) >= 11 is 1.83. The normalized spacial score (nSPS) is 27.9. The van der Waals surface area contributed by atoms with E-state index < -0.39 is 0 Å². The number of rotatable bonds is 8. The second-order valence-corrected chi connectivity index (χ2v) is 10.7. The fourth-order valence-electron chi connectivity index (χ4n) is 5.14. The lowest BCUT2D eigenvalue weighted by Gasteiger charge is -2.34. The number of unbranched alkanes of at least 4 members (excludes halogenated alkanes) is 2. The van der Waals surface area contributed by atoms with Gasteiger partial charge in [0.2, 0.25) is 5.91 Å². The molecular formula is C25H37N3OS. The first kappa shape index (κ1) is 21.9. The quantitative estimate of drug-likeness (QED) is 0.598. The van der Waals surface area contributed by atoms with Gasteiger partial charge in [-0.05, 0) is 87.5 Å². The fourth-order valence-corrected chi connectivity index (χ4v) is 6.53. The lowest BCUT2D eigenvalue weighted by molar-refractivity contribution is -0.126. The number of piperidine rings is 1. The van der Waals surface area contributed by atoms with Crippen molar-refractivity contribution in [2.45, 2.75) is 70.3 Å². The van der Waals surface area contributed by atoms with E-state index in [1.807, 2.05) is 11.8 Å². The molecule has 0 aromatic heterocycles. The van der Waals surface area contributed by atoms with Crippen molar-refractivity contribution in [2.75, 3.05) is 19.6 Å². The molecule has 2 saturated heterocycles. The van der Waals surface area contributed by atoms with E-state index in [2.05, 4.69) is 59.7 Å². The van der Waals surface area contributed by atoms with E-state index in [9.17, 15) is 4.79 Å². The van der Waals surface area contributed by atoms with Crippen LogP contribution in [0.5, 0.6) is 0 Å². The standard InChI is InChI=1S/C25H37N3OS/c1-18-19(2)30-25-23(18)24(29)26-22(27-25)11-7-4-8-14-28-15-12-21(13-16-28)17-20-9-5-3-6-10-20/h3,5-6,9-10,21-23,25,27H,4,7-8,11-17H2,1-2H3,(H,26,29). The zero-order valence-electron chi connectivity index (χ0n) is 18.5. The van der Waals surface area contributed by atoms with E-state index in [0.717, 1.165) is 12.3 Å². The minimum absolute atomic E-state index is 0.0241. The van der Waals surface area contributed by atoms with Crippen molar-refractivity contribution in [3.05, 3.63) is 46.4 Å². The van der Waals surface area contributed by atoms with Gasteiger partial charge >= 0.3 is 0 Å². The molecule has 0 saturated carbocycles. The molecule has 2 N–H and O–H groups in total. The van der Waals surface area contributed by atoms with E-state index in [-0.39, 0.29) is 23.4 Å². The number of carbonyl (C=O) groups excluding carboxylic acids is 1. The third-order valence-electron chi connectivity index (χ3n) is 7.13. The highest BCUT2D eigenvalue weighted by Crippen LogP contribution is 2.42. The van der Waals surface area contributed by atoms with Crippen LogP contribution in [0.25, 0.3) is 0 Å². The Bertz CT molecular complexity index is 742. The van der Waals surface area contributed by atoms with Crippen LogP contribution in [0.4, 0.5) is 0 Å². The summed E-state index contributed by atoms with van der Waals surface area (Å²) in [6, 6.07) is 10.9. The molecule has 3 aliphatic rings. The van der Waals surface area contributed by atoms with Crippen LogP contribution in [0.3, 0.4) is 0 Å². The molecule has 0 radical (unpaired) electrons. The largest absolute Gasteiger partial charge is 0.340 e. The first-order chi connectivity index (χ1) is 14.6. The first-order valence-electron chi connectivity index (χ1n) is 11.8. The summed E-state index contributed by atoms with van der Waals surface area (Å²) in [6.45, 7) is 7.96. The third kappa shape index (κ3) is 5.49. The molecule has 3 aliphatic heterocycles. The molecule has 5 heteroatoms. The van der Waals surface area contributed by atoms with Gasteiger partial charge in [0.05, 0.1) is 17.5 Å². The van der Waals surface area contributed by atoms with Crippen LogP contribution in [0.15, 0.2) is 40.8 Å². The Morgan fingerprint density at radius 1 is 1.07 bits per heavy atom. The summed E-state index contributed by atoms with van der Waals surface area (Å²) in [6.07, 6.45) is 8.77. The Morgan fingerprint density at radius 2 is 1.83 bits per heavy atom. The molecule has 1 aromatic rings. The first-order valence-corrected chi connectivity index (χ1v) is 12.6. The van der Waals surface area contributed by atoms with Gasteiger partial charge in [0.25, 0.3) is 0 Å². The van der Waals surface area contributed by atoms with Crippen LogP contribution in [0, 0.1) is 11.8 Å². The lowest BCUT2D eigenvalue weighted by atomic mass is 9.90. The smallest absolute Gasteiger partial charge is 0.230 e. The molecule has 4 nitrogen and oxygen atoms in total. The van der Waals surface area contributed by atoms with Crippen molar-refractivity contribution in [2.24, 2.45) is 11.8 Å². The fraction of sp³-hybridized carbons (Fsp3) is 0.640. The van der Waals surface area contributed by atoms with Crippen LogP contribution < -0.4 is 10.6 Å². The predicted octanol–water partition coefficient (Wildman–Crippen LogP) is 4.53. The zero-order valence-corrected chi connectivity index (χ0v) is 19.3. The van der Waals surface area contributed by atoms with Crippen molar-refractivity contribution < 1.29 is 4.79 Å². The third-order valence-corrected chi connectivity index (χ3v) is 8.47. The number of thioether (sulfide) groups is 1. The number of carbonyl (C=O) groups is 1.